The second kappa shape index (κ2) is 7.27. The molecule has 1 aliphatic carbocycles. The van der Waals surface area contributed by atoms with E-state index in [1.165, 1.54) is 0 Å². The van der Waals surface area contributed by atoms with Crippen molar-refractivity contribution < 1.29 is 19.4 Å². The summed E-state index contributed by atoms with van der Waals surface area (Å²) in [5.41, 5.74) is 1.21. The molecule has 0 bridgehead atoms. The van der Waals surface area contributed by atoms with Crippen LogP contribution >= 0.6 is 0 Å². The Morgan fingerprint density at radius 1 is 1.27 bits per heavy atom. The molecule has 1 aliphatic heterocycles. The van der Waals surface area contributed by atoms with E-state index in [0.29, 0.717) is 18.8 Å². The summed E-state index contributed by atoms with van der Waals surface area (Å²) in [4.78, 5) is 26.3. The SMILES string of the molecule is Cc1cccc(C)c1OCC(O)CN1C(=O)NC2(CCC(C)CC2)C1=O. The predicted molar refractivity (Wildman–Crippen MR) is 98.0 cm³/mol. The minimum absolute atomic E-state index is 0.0345. The van der Waals surface area contributed by atoms with Crippen LogP contribution in [0.5, 0.6) is 5.75 Å². The van der Waals surface area contributed by atoms with E-state index in [0.717, 1.165) is 34.6 Å². The molecular weight excluding hydrogens is 332 g/mol. The first-order chi connectivity index (χ1) is 12.3. The Morgan fingerprint density at radius 3 is 2.50 bits per heavy atom. The number of carbonyl (C=O) groups excluding carboxylic acids is 2. The van der Waals surface area contributed by atoms with E-state index in [4.69, 9.17) is 4.74 Å². The fourth-order valence-corrected chi connectivity index (χ4v) is 3.91. The molecule has 0 aromatic heterocycles. The van der Waals surface area contributed by atoms with E-state index in [1.54, 1.807) is 0 Å². The summed E-state index contributed by atoms with van der Waals surface area (Å²) in [6.07, 6.45) is 2.27. The van der Waals surface area contributed by atoms with Crippen LogP contribution in [-0.2, 0) is 4.79 Å². The minimum Gasteiger partial charge on any atom is -0.490 e. The maximum Gasteiger partial charge on any atom is 0.325 e. The number of rotatable bonds is 5. The zero-order valence-corrected chi connectivity index (χ0v) is 15.7. The molecule has 26 heavy (non-hydrogen) atoms. The molecule has 2 N–H and O–H groups in total. The van der Waals surface area contributed by atoms with Crippen LogP contribution in [-0.4, -0.2) is 46.7 Å². The number of imide groups is 1. The van der Waals surface area contributed by atoms with Crippen LogP contribution in [0.1, 0.15) is 43.7 Å². The van der Waals surface area contributed by atoms with Gasteiger partial charge in [0.25, 0.3) is 5.91 Å². The van der Waals surface area contributed by atoms with Crippen LogP contribution in [0.25, 0.3) is 0 Å². The monoisotopic (exact) mass is 360 g/mol. The topological polar surface area (TPSA) is 78.9 Å². The van der Waals surface area contributed by atoms with E-state index in [2.05, 4.69) is 12.2 Å². The van der Waals surface area contributed by atoms with E-state index in [1.807, 2.05) is 32.0 Å². The van der Waals surface area contributed by atoms with Crippen molar-refractivity contribution in [2.24, 2.45) is 5.92 Å². The highest BCUT2D eigenvalue weighted by molar-refractivity contribution is 6.07. The zero-order chi connectivity index (χ0) is 18.9. The number of aliphatic hydroxyl groups is 1. The highest BCUT2D eigenvalue weighted by Gasteiger charge is 2.52. The molecular formula is C20H28N2O4. The van der Waals surface area contributed by atoms with Gasteiger partial charge in [0.15, 0.2) is 0 Å². The Morgan fingerprint density at radius 2 is 1.88 bits per heavy atom. The zero-order valence-electron chi connectivity index (χ0n) is 15.7. The van der Waals surface area contributed by atoms with Gasteiger partial charge in [-0.15, -0.1) is 0 Å². The summed E-state index contributed by atoms with van der Waals surface area (Å²) in [6, 6.07) is 5.43. The Balaban J connectivity index is 1.60. The Labute approximate surface area is 154 Å². The van der Waals surface area contributed by atoms with Gasteiger partial charge >= 0.3 is 6.03 Å². The van der Waals surface area contributed by atoms with Crippen molar-refractivity contribution in [1.82, 2.24) is 10.2 Å². The molecule has 1 unspecified atom stereocenters. The van der Waals surface area contributed by atoms with Gasteiger partial charge in [0.2, 0.25) is 0 Å². The van der Waals surface area contributed by atoms with Gasteiger partial charge in [0, 0.05) is 0 Å². The molecule has 1 aromatic rings. The van der Waals surface area contributed by atoms with Crippen molar-refractivity contribution >= 4 is 11.9 Å². The largest absolute Gasteiger partial charge is 0.490 e. The number of amides is 3. The third kappa shape index (κ3) is 3.56. The number of carbonyl (C=O) groups is 2. The van der Waals surface area contributed by atoms with Crippen LogP contribution in [0.2, 0.25) is 0 Å². The Hall–Kier alpha value is -2.08. The fraction of sp³-hybridized carbons (Fsp3) is 0.600. The van der Waals surface area contributed by atoms with Crippen molar-refractivity contribution in [2.75, 3.05) is 13.2 Å². The molecule has 1 saturated heterocycles. The van der Waals surface area contributed by atoms with Crippen LogP contribution in [0.15, 0.2) is 18.2 Å². The van der Waals surface area contributed by atoms with Gasteiger partial charge < -0.3 is 15.2 Å². The number of urea groups is 1. The van der Waals surface area contributed by atoms with Crippen LogP contribution in [0.3, 0.4) is 0 Å². The van der Waals surface area contributed by atoms with Crippen molar-refractivity contribution in [3.8, 4) is 5.75 Å². The third-order valence-corrected chi connectivity index (χ3v) is 5.60. The van der Waals surface area contributed by atoms with E-state index >= 15 is 0 Å². The number of nitrogens with zero attached hydrogens (tertiary/aromatic N) is 1. The second-order valence-electron chi connectivity index (χ2n) is 7.80. The summed E-state index contributed by atoms with van der Waals surface area (Å²) in [7, 11) is 0. The first-order valence-corrected chi connectivity index (χ1v) is 9.33. The number of nitrogens with one attached hydrogen (secondary N) is 1. The van der Waals surface area contributed by atoms with Crippen molar-refractivity contribution in [1.29, 1.82) is 0 Å². The molecule has 0 radical (unpaired) electrons. The highest BCUT2D eigenvalue weighted by Crippen LogP contribution is 2.36. The molecule has 2 fully saturated rings. The molecule has 142 valence electrons. The number of aryl methyl sites for hydroxylation is 2. The van der Waals surface area contributed by atoms with E-state index in [-0.39, 0.29) is 19.1 Å². The van der Waals surface area contributed by atoms with E-state index in [9.17, 15) is 14.7 Å². The molecule has 3 rings (SSSR count). The first-order valence-electron chi connectivity index (χ1n) is 9.33. The van der Waals surface area contributed by atoms with Crippen molar-refractivity contribution in [2.45, 2.75) is 58.1 Å². The lowest BCUT2D eigenvalue weighted by atomic mass is 9.77. The van der Waals surface area contributed by atoms with Gasteiger partial charge in [0.1, 0.15) is 24.0 Å². The fourth-order valence-electron chi connectivity index (χ4n) is 3.91. The molecule has 2 aliphatic rings. The number of β-amino-alcohol motifs (C(OH)–C–C–N with tert-alkyl or cyclic N) is 1. The molecule has 1 heterocycles. The molecule has 6 nitrogen and oxygen atoms in total. The molecule has 1 atom stereocenters. The smallest absolute Gasteiger partial charge is 0.325 e. The Kier molecular flexibility index (Phi) is 5.23. The normalized spacial score (nSPS) is 26.9. The first kappa shape index (κ1) is 18.7. The Bertz CT molecular complexity index is 675. The average molecular weight is 360 g/mol. The van der Waals surface area contributed by atoms with Crippen molar-refractivity contribution in [3.05, 3.63) is 29.3 Å². The molecule has 3 amide bonds. The standard InChI is InChI=1S/C20H28N2O4/c1-13-7-9-20(10-8-13)18(24)22(19(25)21-20)11-16(23)12-26-17-14(2)5-4-6-15(17)3/h4-6,13,16,23H,7-12H2,1-3H3,(H,21,25). The van der Waals surface area contributed by atoms with Crippen LogP contribution < -0.4 is 10.1 Å². The van der Waals surface area contributed by atoms with Gasteiger partial charge in [-0.3, -0.25) is 9.69 Å². The number of benzene rings is 1. The van der Waals surface area contributed by atoms with Crippen LogP contribution in [0, 0.1) is 19.8 Å². The quantitative estimate of drug-likeness (QED) is 0.791. The molecule has 6 heteroatoms. The summed E-state index contributed by atoms with van der Waals surface area (Å²) < 4.78 is 5.74. The number of aliphatic hydroxyl groups excluding tert-OH is 1. The number of para-hydroxylation sites is 1. The average Bonchev–Trinajstić information content (AvgIpc) is 2.82. The van der Waals surface area contributed by atoms with Gasteiger partial charge in [-0.2, -0.15) is 0 Å². The summed E-state index contributed by atoms with van der Waals surface area (Å²) in [6.45, 7) is 6.04. The van der Waals surface area contributed by atoms with Gasteiger partial charge in [-0.25, -0.2) is 4.79 Å². The number of ether oxygens (including phenoxy) is 1. The lowest BCUT2D eigenvalue weighted by molar-refractivity contribution is -0.133. The third-order valence-electron chi connectivity index (χ3n) is 5.60. The van der Waals surface area contributed by atoms with E-state index < -0.39 is 17.7 Å². The lowest BCUT2D eigenvalue weighted by Gasteiger charge is -2.33. The minimum atomic E-state index is -0.929. The van der Waals surface area contributed by atoms with Gasteiger partial charge in [-0.1, -0.05) is 25.1 Å². The highest BCUT2D eigenvalue weighted by atomic mass is 16.5. The van der Waals surface area contributed by atoms with Crippen molar-refractivity contribution in [3.63, 3.8) is 0 Å². The van der Waals surface area contributed by atoms with Crippen LogP contribution in [0.4, 0.5) is 4.79 Å². The molecule has 1 aromatic carbocycles. The van der Waals surface area contributed by atoms with Gasteiger partial charge in [-0.05, 0) is 56.6 Å². The summed E-state index contributed by atoms with van der Waals surface area (Å²) >= 11 is 0. The summed E-state index contributed by atoms with van der Waals surface area (Å²) in [5.74, 6) is 1.11. The maximum absolute atomic E-state index is 12.8. The number of hydrogen-bond acceptors (Lipinski definition) is 4. The number of hydrogen-bond donors (Lipinski definition) is 2. The van der Waals surface area contributed by atoms with Gasteiger partial charge in [0.05, 0.1) is 6.54 Å². The summed E-state index contributed by atoms with van der Waals surface area (Å²) in [5, 5.41) is 13.2. The maximum atomic E-state index is 12.8. The lowest BCUT2D eigenvalue weighted by Crippen LogP contribution is -2.49. The predicted octanol–water partition coefficient (Wildman–Crippen LogP) is 2.54. The second-order valence-corrected chi connectivity index (χ2v) is 7.80. The molecule has 1 spiro atoms. The molecule has 1 saturated carbocycles.